The summed E-state index contributed by atoms with van der Waals surface area (Å²) in [5, 5.41) is 7.18. The normalized spacial score (nSPS) is 10.7. The van der Waals surface area contributed by atoms with Crippen LogP contribution in [0.3, 0.4) is 0 Å². The van der Waals surface area contributed by atoms with Gasteiger partial charge in [0, 0.05) is 5.56 Å². The molecule has 0 radical (unpaired) electrons. The zero-order valence-electron chi connectivity index (χ0n) is 13.9. The number of rotatable bonds is 4. The molecule has 1 amide bonds. The van der Waals surface area contributed by atoms with Crippen LogP contribution in [0.15, 0.2) is 48.5 Å². The molecule has 1 N–H and O–H groups in total. The van der Waals surface area contributed by atoms with E-state index in [-0.39, 0.29) is 11.4 Å². The number of aryl methyl sites for hydroxylation is 1. The first-order valence-corrected chi connectivity index (χ1v) is 7.79. The van der Waals surface area contributed by atoms with Crippen molar-refractivity contribution in [2.45, 2.75) is 20.4 Å². The fraction of sp³-hybridized carbons (Fsp3) is 0.158. The Bertz CT molecular complexity index is 934. The van der Waals surface area contributed by atoms with Gasteiger partial charge in [-0.2, -0.15) is 5.10 Å². The molecule has 0 fully saturated rings. The molecule has 0 aliphatic carbocycles. The molecule has 0 spiro atoms. The van der Waals surface area contributed by atoms with E-state index in [4.69, 9.17) is 0 Å². The van der Waals surface area contributed by atoms with Gasteiger partial charge in [0.1, 0.15) is 11.6 Å². The zero-order valence-corrected chi connectivity index (χ0v) is 13.9. The van der Waals surface area contributed by atoms with Crippen molar-refractivity contribution in [3.8, 4) is 0 Å². The number of amides is 1. The van der Waals surface area contributed by atoms with Crippen LogP contribution in [-0.4, -0.2) is 15.7 Å². The first-order valence-electron chi connectivity index (χ1n) is 7.79. The van der Waals surface area contributed by atoms with Crippen molar-refractivity contribution in [2.75, 3.05) is 5.32 Å². The molecule has 0 atom stereocenters. The molecule has 128 valence electrons. The van der Waals surface area contributed by atoms with Crippen molar-refractivity contribution in [1.29, 1.82) is 0 Å². The Morgan fingerprint density at radius 1 is 1.08 bits per heavy atom. The van der Waals surface area contributed by atoms with Crippen LogP contribution in [0.4, 0.5) is 14.5 Å². The Balaban J connectivity index is 1.83. The molecule has 0 unspecified atom stereocenters. The van der Waals surface area contributed by atoms with Gasteiger partial charge < -0.3 is 5.32 Å². The molecule has 0 aliphatic rings. The number of aromatic nitrogens is 2. The fourth-order valence-electron chi connectivity index (χ4n) is 2.66. The van der Waals surface area contributed by atoms with Crippen molar-refractivity contribution < 1.29 is 13.6 Å². The number of nitrogens with zero attached hydrogens (tertiary/aromatic N) is 2. The number of benzene rings is 2. The summed E-state index contributed by atoms with van der Waals surface area (Å²) < 4.78 is 28.3. The molecule has 0 saturated carbocycles. The third-order valence-corrected chi connectivity index (χ3v) is 3.93. The molecule has 1 heterocycles. The number of hydrogen-bond acceptors (Lipinski definition) is 2. The van der Waals surface area contributed by atoms with Crippen molar-refractivity contribution in [3.05, 3.63) is 82.7 Å². The lowest BCUT2D eigenvalue weighted by Gasteiger charge is -2.08. The van der Waals surface area contributed by atoms with Crippen LogP contribution in [-0.2, 0) is 6.54 Å². The maximum atomic E-state index is 13.3. The van der Waals surface area contributed by atoms with Crippen LogP contribution in [0.5, 0.6) is 0 Å². The van der Waals surface area contributed by atoms with Gasteiger partial charge in [0.05, 0.1) is 23.6 Å². The van der Waals surface area contributed by atoms with Gasteiger partial charge in [-0.1, -0.05) is 18.2 Å². The molecule has 0 aliphatic heterocycles. The van der Waals surface area contributed by atoms with Crippen LogP contribution < -0.4 is 5.32 Å². The van der Waals surface area contributed by atoms with Crippen LogP contribution in [0, 0.1) is 25.5 Å². The highest BCUT2D eigenvalue weighted by atomic mass is 19.1. The second kappa shape index (κ2) is 6.84. The van der Waals surface area contributed by atoms with Crippen molar-refractivity contribution in [1.82, 2.24) is 9.78 Å². The highest BCUT2D eigenvalue weighted by Crippen LogP contribution is 2.21. The average molecular weight is 341 g/mol. The lowest BCUT2D eigenvalue weighted by atomic mass is 10.2. The van der Waals surface area contributed by atoms with Gasteiger partial charge in [-0.25, -0.2) is 8.78 Å². The Labute approximate surface area is 144 Å². The highest BCUT2D eigenvalue weighted by molar-refractivity contribution is 6.04. The quantitative estimate of drug-likeness (QED) is 0.777. The molecule has 25 heavy (non-hydrogen) atoms. The number of carbonyl (C=O) groups excluding carboxylic acids is 1. The summed E-state index contributed by atoms with van der Waals surface area (Å²) in [6.45, 7) is 3.98. The number of halogens is 2. The van der Waals surface area contributed by atoms with Gasteiger partial charge in [0.2, 0.25) is 0 Å². The Morgan fingerprint density at radius 2 is 1.76 bits per heavy atom. The fourth-order valence-corrected chi connectivity index (χ4v) is 2.66. The maximum Gasteiger partial charge on any atom is 0.255 e. The molecule has 0 saturated heterocycles. The van der Waals surface area contributed by atoms with E-state index in [2.05, 4.69) is 10.4 Å². The van der Waals surface area contributed by atoms with Crippen molar-refractivity contribution >= 4 is 11.6 Å². The summed E-state index contributed by atoms with van der Waals surface area (Å²) in [5.74, 6) is -1.18. The number of hydrogen-bond donors (Lipinski definition) is 1. The van der Waals surface area contributed by atoms with Gasteiger partial charge in [-0.3, -0.25) is 9.48 Å². The Morgan fingerprint density at radius 3 is 2.44 bits per heavy atom. The predicted molar refractivity (Wildman–Crippen MR) is 91.6 cm³/mol. The minimum atomic E-state index is -0.470. The molecule has 4 nitrogen and oxygen atoms in total. The standard InChI is InChI=1S/C19H17F2N3O/c1-12-18(22-19(25)15-6-4-8-17(21)10-15)13(2)24(23-12)11-14-5-3-7-16(20)9-14/h3-10H,11H2,1-2H3,(H,22,25). The van der Waals surface area contributed by atoms with E-state index in [0.717, 1.165) is 11.3 Å². The molecule has 0 bridgehead atoms. The van der Waals surface area contributed by atoms with Gasteiger partial charge in [0.15, 0.2) is 0 Å². The van der Waals surface area contributed by atoms with E-state index < -0.39 is 11.7 Å². The lowest BCUT2D eigenvalue weighted by Crippen LogP contribution is -2.13. The highest BCUT2D eigenvalue weighted by Gasteiger charge is 2.16. The zero-order chi connectivity index (χ0) is 18.0. The van der Waals surface area contributed by atoms with Gasteiger partial charge in [-0.05, 0) is 49.7 Å². The molecule has 6 heteroatoms. The molecule has 1 aromatic heterocycles. The smallest absolute Gasteiger partial charge is 0.255 e. The molecule has 2 aromatic carbocycles. The third-order valence-electron chi connectivity index (χ3n) is 3.93. The molecular formula is C19H17F2N3O. The van der Waals surface area contributed by atoms with E-state index in [1.807, 2.05) is 13.0 Å². The summed E-state index contributed by atoms with van der Waals surface area (Å²) in [6, 6.07) is 11.8. The minimum absolute atomic E-state index is 0.233. The summed E-state index contributed by atoms with van der Waals surface area (Å²) in [5.41, 5.74) is 2.96. The minimum Gasteiger partial charge on any atom is -0.319 e. The summed E-state index contributed by atoms with van der Waals surface area (Å²) in [7, 11) is 0. The van der Waals surface area contributed by atoms with E-state index in [0.29, 0.717) is 17.9 Å². The first kappa shape index (κ1) is 16.8. The average Bonchev–Trinajstić information content (AvgIpc) is 2.82. The van der Waals surface area contributed by atoms with Crippen LogP contribution in [0.2, 0.25) is 0 Å². The van der Waals surface area contributed by atoms with E-state index in [9.17, 15) is 13.6 Å². The first-order chi connectivity index (χ1) is 11.9. The topological polar surface area (TPSA) is 46.9 Å². The van der Waals surface area contributed by atoms with E-state index in [1.165, 1.54) is 30.3 Å². The number of carbonyl (C=O) groups is 1. The van der Waals surface area contributed by atoms with Crippen molar-refractivity contribution in [2.24, 2.45) is 0 Å². The number of anilines is 1. The van der Waals surface area contributed by atoms with E-state index >= 15 is 0 Å². The van der Waals surface area contributed by atoms with Gasteiger partial charge in [0.25, 0.3) is 5.91 Å². The molecule has 3 aromatic rings. The predicted octanol–water partition coefficient (Wildman–Crippen LogP) is 4.08. The summed E-state index contributed by atoms with van der Waals surface area (Å²) in [4.78, 5) is 12.3. The summed E-state index contributed by atoms with van der Waals surface area (Å²) in [6.07, 6.45) is 0. The molecular weight excluding hydrogens is 324 g/mol. The molecule has 3 rings (SSSR count). The van der Waals surface area contributed by atoms with Crippen LogP contribution >= 0.6 is 0 Å². The maximum absolute atomic E-state index is 13.3. The Hall–Kier alpha value is -3.02. The summed E-state index contributed by atoms with van der Waals surface area (Å²) >= 11 is 0. The third kappa shape index (κ3) is 3.74. The van der Waals surface area contributed by atoms with Crippen molar-refractivity contribution in [3.63, 3.8) is 0 Å². The second-order valence-electron chi connectivity index (χ2n) is 5.80. The lowest BCUT2D eigenvalue weighted by molar-refractivity contribution is 0.102. The van der Waals surface area contributed by atoms with Crippen LogP contribution in [0.25, 0.3) is 0 Å². The second-order valence-corrected chi connectivity index (χ2v) is 5.80. The Kier molecular flexibility index (Phi) is 4.61. The van der Waals surface area contributed by atoms with Gasteiger partial charge in [-0.15, -0.1) is 0 Å². The number of nitrogens with one attached hydrogen (secondary N) is 1. The monoisotopic (exact) mass is 341 g/mol. The van der Waals surface area contributed by atoms with Crippen LogP contribution in [0.1, 0.15) is 27.3 Å². The van der Waals surface area contributed by atoms with E-state index in [1.54, 1.807) is 23.7 Å². The van der Waals surface area contributed by atoms with Gasteiger partial charge >= 0.3 is 0 Å². The largest absolute Gasteiger partial charge is 0.319 e. The SMILES string of the molecule is Cc1nn(Cc2cccc(F)c2)c(C)c1NC(=O)c1cccc(F)c1.